The number of thioether (sulfide) groups is 1. The molecule has 1 N–H and O–H groups in total. The van der Waals surface area contributed by atoms with E-state index in [4.69, 9.17) is 5.26 Å². The molecule has 2 rings (SSSR count). The van der Waals surface area contributed by atoms with Crippen molar-refractivity contribution in [2.24, 2.45) is 0 Å². The number of hydrogen-bond donors (Lipinski definition) is 1. The van der Waals surface area contributed by atoms with Crippen molar-refractivity contribution in [2.75, 3.05) is 17.6 Å². The van der Waals surface area contributed by atoms with Gasteiger partial charge in [-0.15, -0.1) is 11.8 Å². The summed E-state index contributed by atoms with van der Waals surface area (Å²) in [6.45, 7) is 0.645. The van der Waals surface area contributed by atoms with Gasteiger partial charge in [0.2, 0.25) is 0 Å². The summed E-state index contributed by atoms with van der Waals surface area (Å²) in [4.78, 5) is 11.8. The molecular formula is C16H15N3O2S. The van der Waals surface area contributed by atoms with Gasteiger partial charge in [-0.2, -0.15) is 5.26 Å². The second-order valence-electron chi connectivity index (χ2n) is 4.54. The smallest absolute Gasteiger partial charge is 0.293 e. The molecule has 0 fully saturated rings. The summed E-state index contributed by atoms with van der Waals surface area (Å²) in [6, 6.07) is 16.5. The van der Waals surface area contributed by atoms with Gasteiger partial charge in [0.15, 0.2) is 0 Å². The highest BCUT2D eigenvalue weighted by atomic mass is 32.2. The Bertz CT molecular complexity index is 684. The third-order valence-electron chi connectivity index (χ3n) is 2.97. The molecule has 2 aromatic rings. The van der Waals surface area contributed by atoms with E-state index in [1.54, 1.807) is 23.9 Å². The number of nitro benzene ring substituents is 1. The third-order valence-corrected chi connectivity index (χ3v) is 4.07. The molecule has 0 saturated heterocycles. The number of nitriles is 1. The van der Waals surface area contributed by atoms with Crippen molar-refractivity contribution >= 4 is 23.1 Å². The van der Waals surface area contributed by atoms with Gasteiger partial charge in [0.05, 0.1) is 16.6 Å². The Hall–Kier alpha value is -2.52. The van der Waals surface area contributed by atoms with E-state index >= 15 is 0 Å². The molecule has 0 aliphatic rings. The number of anilines is 1. The zero-order valence-corrected chi connectivity index (χ0v) is 12.7. The third kappa shape index (κ3) is 4.50. The van der Waals surface area contributed by atoms with Gasteiger partial charge in [-0.25, -0.2) is 0 Å². The van der Waals surface area contributed by atoms with E-state index in [0.717, 1.165) is 12.2 Å². The van der Waals surface area contributed by atoms with Crippen LogP contribution in [0.5, 0.6) is 0 Å². The lowest BCUT2D eigenvalue weighted by Crippen LogP contribution is -2.05. The van der Waals surface area contributed by atoms with Crippen molar-refractivity contribution in [3.8, 4) is 6.07 Å². The van der Waals surface area contributed by atoms with E-state index < -0.39 is 4.92 Å². The van der Waals surface area contributed by atoms with Crippen molar-refractivity contribution < 1.29 is 4.92 Å². The SMILES string of the molecule is N#Cc1ccc(NCCCSc2ccccc2)c([N+](=O)[O-])c1. The molecule has 22 heavy (non-hydrogen) atoms. The first-order chi connectivity index (χ1) is 10.7. The van der Waals surface area contributed by atoms with Crippen molar-refractivity contribution in [2.45, 2.75) is 11.3 Å². The Morgan fingerprint density at radius 3 is 2.68 bits per heavy atom. The second-order valence-corrected chi connectivity index (χ2v) is 5.71. The zero-order chi connectivity index (χ0) is 15.8. The number of benzene rings is 2. The number of nitrogens with one attached hydrogen (secondary N) is 1. The zero-order valence-electron chi connectivity index (χ0n) is 11.9. The second kappa shape index (κ2) is 8.05. The quantitative estimate of drug-likeness (QED) is 0.361. The van der Waals surface area contributed by atoms with Crippen LogP contribution in [-0.2, 0) is 0 Å². The van der Waals surface area contributed by atoms with Gasteiger partial charge in [0, 0.05) is 17.5 Å². The normalized spacial score (nSPS) is 9.95. The maximum Gasteiger partial charge on any atom is 0.293 e. The molecule has 6 heteroatoms. The van der Waals surface area contributed by atoms with Gasteiger partial charge in [-0.3, -0.25) is 10.1 Å². The standard InChI is InChI=1S/C16H15N3O2S/c17-12-13-7-8-15(16(11-13)19(20)21)18-9-4-10-22-14-5-2-1-3-6-14/h1-3,5-8,11,18H,4,9-10H2. The number of nitro groups is 1. The highest BCUT2D eigenvalue weighted by molar-refractivity contribution is 7.99. The minimum Gasteiger partial charge on any atom is -0.379 e. The highest BCUT2D eigenvalue weighted by Crippen LogP contribution is 2.25. The molecule has 0 aliphatic heterocycles. The van der Waals surface area contributed by atoms with E-state index in [2.05, 4.69) is 17.4 Å². The topological polar surface area (TPSA) is 79.0 Å². The average Bonchev–Trinajstić information content (AvgIpc) is 2.55. The maximum atomic E-state index is 11.0. The van der Waals surface area contributed by atoms with Gasteiger partial charge in [0.1, 0.15) is 5.69 Å². The van der Waals surface area contributed by atoms with Gasteiger partial charge in [0.25, 0.3) is 5.69 Å². The predicted octanol–water partition coefficient (Wildman–Crippen LogP) is 4.06. The first kappa shape index (κ1) is 15.9. The molecule has 0 saturated carbocycles. The summed E-state index contributed by atoms with van der Waals surface area (Å²) in [5.74, 6) is 0.932. The van der Waals surface area contributed by atoms with Gasteiger partial charge < -0.3 is 5.32 Å². The number of nitrogens with zero attached hydrogens (tertiary/aromatic N) is 2. The molecule has 112 valence electrons. The molecule has 0 aliphatic carbocycles. The molecule has 5 nitrogen and oxygen atoms in total. The summed E-state index contributed by atoms with van der Waals surface area (Å²) in [7, 11) is 0. The number of rotatable bonds is 7. The lowest BCUT2D eigenvalue weighted by Gasteiger charge is -2.07. The molecule has 0 bridgehead atoms. The fourth-order valence-electron chi connectivity index (χ4n) is 1.90. The van der Waals surface area contributed by atoms with E-state index in [0.29, 0.717) is 12.2 Å². The fourth-order valence-corrected chi connectivity index (χ4v) is 2.78. The van der Waals surface area contributed by atoms with Crippen LogP contribution in [0.15, 0.2) is 53.4 Å². The number of hydrogen-bond acceptors (Lipinski definition) is 5. The van der Waals surface area contributed by atoms with Gasteiger partial charge in [-0.05, 0) is 36.4 Å². The largest absolute Gasteiger partial charge is 0.379 e. The average molecular weight is 313 g/mol. The molecule has 0 aromatic heterocycles. The molecule has 0 spiro atoms. The highest BCUT2D eigenvalue weighted by Gasteiger charge is 2.14. The van der Waals surface area contributed by atoms with E-state index in [1.807, 2.05) is 24.3 Å². The van der Waals surface area contributed by atoms with Crippen LogP contribution in [0.4, 0.5) is 11.4 Å². The van der Waals surface area contributed by atoms with Crippen molar-refractivity contribution in [3.05, 3.63) is 64.2 Å². The van der Waals surface area contributed by atoms with Crippen LogP contribution in [0.3, 0.4) is 0 Å². The Morgan fingerprint density at radius 2 is 2.00 bits per heavy atom. The molecule has 2 aromatic carbocycles. The lowest BCUT2D eigenvalue weighted by atomic mass is 10.2. The fraction of sp³-hybridized carbons (Fsp3) is 0.188. The Morgan fingerprint density at radius 1 is 1.23 bits per heavy atom. The minimum atomic E-state index is -0.470. The first-order valence-electron chi connectivity index (χ1n) is 6.81. The minimum absolute atomic E-state index is 0.0604. The Kier molecular flexibility index (Phi) is 5.81. The molecule has 0 amide bonds. The summed E-state index contributed by atoms with van der Waals surface area (Å²) in [5, 5.41) is 22.9. The predicted molar refractivity (Wildman–Crippen MR) is 88.1 cm³/mol. The monoisotopic (exact) mass is 313 g/mol. The first-order valence-corrected chi connectivity index (χ1v) is 7.79. The van der Waals surface area contributed by atoms with E-state index in [9.17, 15) is 10.1 Å². The maximum absolute atomic E-state index is 11.0. The molecule has 0 radical (unpaired) electrons. The molecule has 0 atom stereocenters. The molecule has 0 heterocycles. The van der Waals surface area contributed by atoms with Crippen LogP contribution in [0.25, 0.3) is 0 Å². The van der Waals surface area contributed by atoms with Crippen molar-refractivity contribution in [3.63, 3.8) is 0 Å². The lowest BCUT2D eigenvalue weighted by molar-refractivity contribution is -0.384. The Balaban J connectivity index is 1.84. The van der Waals surface area contributed by atoms with Crippen LogP contribution in [0.2, 0.25) is 0 Å². The van der Waals surface area contributed by atoms with Crippen LogP contribution in [-0.4, -0.2) is 17.2 Å². The Labute approximate surface area is 133 Å². The summed E-state index contributed by atoms with van der Waals surface area (Å²) < 4.78 is 0. The van der Waals surface area contributed by atoms with Crippen LogP contribution < -0.4 is 5.32 Å². The van der Waals surface area contributed by atoms with Crippen LogP contribution in [0.1, 0.15) is 12.0 Å². The van der Waals surface area contributed by atoms with Crippen molar-refractivity contribution in [1.82, 2.24) is 0 Å². The van der Waals surface area contributed by atoms with Crippen molar-refractivity contribution in [1.29, 1.82) is 5.26 Å². The molecular weight excluding hydrogens is 298 g/mol. The summed E-state index contributed by atoms with van der Waals surface area (Å²) in [6.07, 6.45) is 0.886. The molecule has 0 unspecified atom stereocenters. The van der Waals surface area contributed by atoms with Gasteiger partial charge >= 0.3 is 0 Å². The van der Waals surface area contributed by atoms with E-state index in [1.165, 1.54) is 11.0 Å². The van der Waals surface area contributed by atoms with Gasteiger partial charge in [-0.1, -0.05) is 18.2 Å². The van der Waals surface area contributed by atoms with Crippen LogP contribution >= 0.6 is 11.8 Å². The van der Waals surface area contributed by atoms with E-state index in [-0.39, 0.29) is 11.3 Å². The summed E-state index contributed by atoms with van der Waals surface area (Å²) >= 11 is 1.76. The van der Waals surface area contributed by atoms with Crippen LogP contribution in [0, 0.1) is 21.4 Å². The summed E-state index contributed by atoms with van der Waals surface area (Å²) in [5.41, 5.74) is 0.681.